The van der Waals surface area contributed by atoms with Gasteiger partial charge in [-0.25, -0.2) is 4.68 Å². The molecule has 1 aromatic heterocycles. The monoisotopic (exact) mass is 301 g/mol. The summed E-state index contributed by atoms with van der Waals surface area (Å²) in [4.78, 5) is 12.1. The Labute approximate surface area is 128 Å². The molecule has 1 unspecified atom stereocenters. The number of hydrogen-bond acceptors (Lipinski definition) is 6. The molecule has 1 N–H and O–H groups in total. The van der Waals surface area contributed by atoms with Gasteiger partial charge in [-0.15, -0.1) is 17.4 Å². The Hall–Kier alpha value is -2.30. The summed E-state index contributed by atoms with van der Waals surface area (Å²) in [6.07, 6.45) is 9.75. The van der Waals surface area contributed by atoms with Crippen LogP contribution < -0.4 is 5.32 Å². The predicted octanol–water partition coefficient (Wildman–Crippen LogP) is 1.54. The summed E-state index contributed by atoms with van der Waals surface area (Å²) in [5.74, 6) is 3.24. The standard InChI is InChI=1S/C14H19N7O/c1-3-4-8-14(17-18-14)9-7-12(22)15-10(2)13-16-19-20-21(13)11-5-6-11/h1,10-11H,4-9H2,2H3,(H,15,22). The van der Waals surface area contributed by atoms with E-state index in [1.807, 2.05) is 11.6 Å². The average Bonchev–Trinajstić information content (AvgIpc) is 3.43. The number of rotatable bonds is 8. The van der Waals surface area contributed by atoms with Crippen molar-refractivity contribution in [3.63, 3.8) is 0 Å². The number of terminal acetylenes is 1. The van der Waals surface area contributed by atoms with Crippen LogP contribution in [-0.4, -0.2) is 31.8 Å². The van der Waals surface area contributed by atoms with E-state index < -0.39 is 5.66 Å². The van der Waals surface area contributed by atoms with Crippen molar-refractivity contribution in [3.05, 3.63) is 5.82 Å². The number of aromatic nitrogens is 4. The van der Waals surface area contributed by atoms with Crippen LogP contribution in [0.25, 0.3) is 0 Å². The lowest BCUT2D eigenvalue weighted by molar-refractivity contribution is -0.122. The second kappa shape index (κ2) is 5.83. The highest BCUT2D eigenvalue weighted by Crippen LogP contribution is 2.38. The van der Waals surface area contributed by atoms with Crippen molar-refractivity contribution in [2.75, 3.05) is 0 Å². The lowest BCUT2D eigenvalue weighted by Gasteiger charge is -2.14. The second-order valence-corrected chi connectivity index (χ2v) is 5.89. The number of tetrazole rings is 1. The molecule has 0 saturated heterocycles. The van der Waals surface area contributed by atoms with Crippen molar-refractivity contribution >= 4 is 5.91 Å². The van der Waals surface area contributed by atoms with Gasteiger partial charge < -0.3 is 5.32 Å². The third kappa shape index (κ3) is 3.30. The lowest BCUT2D eigenvalue weighted by Crippen LogP contribution is -2.29. The van der Waals surface area contributed by atoms with E-state index in [2.05, 4.69) is 37.0 Å². The van der Waals surface area contributed by atoms with E-state index in [0.29, 0.717) is 37.5 Å². The predicted molar refractivity (Wildman–Crippen MR) is 77.5 cm³/mol. The van der Waals surface area contributed by atoms with Crippen LogP contribution in [0.1, 0.15) is 63.4 Å². The van der Waals surface area contributed by atoms with Gasteiger partial charge in [0.15, 0.2) is 11.5 Å². The number of hydrogen-bond donors (Lipinski definition) is 1. The Bertz CT molecular complexity index is 619. The minimum absolute atomic E-state index is 0.0461. The van der Waals surface area contributed by atoms with Crippen molar-refractivity contribution in [1.82, 2.24) is 25.5 Å². The molecule has 8 nitrogen and oxygen atoms in total. The quantitative estimate of drug-likeness (QED) is 0.736. The Morgan fingerprint density at radius 3 is 2.91 bits per heavy atom. The SMILES string of the molecule is C#CCCC1(CCC(=O)NC(C)c2nnnn2C2CC2)N=N1. The smallest absolute Gasteiger partial charge is 0.220 e. The zero-order valence-electron chi connectivity index (χ0n) is 12.6. The fraction of sp³-hybridized carbons (Fsp3) is 0.714. The van der Waals surface area contributed by atoms with Crippen molar-refractivity contribution in [1.29, 1.82) is 0 Å². The van der Waals surface area contributed by atoms with Crippen LogP contribution in [0.2, 0.25) is 0 Å². The van der Waals surface area contributed by atoms with Gasteiger partial charge in [-0.2, -0.15) is 10.2 Å². The molecular formula is C14H19N7O. The molecule has 1 amide bonds. The summed E-state index contributed by atoms with van der Waals surface area (Å²) in [5, 5.41) is 22.7. The molecule has 0 radical (unpaired) electrons. The molecule has 1 atom stereocenters. The highest BCUT2D eigenvalue weighted by atomic mass is 16.1. The van der Waals surface area contributed by atoms with Crippen LogP contribution in [0, 0.1) is 12.3 Å². The van der Waals surface area contributed by atoms with Gasteiger partial charge in [0, 0.05) is 25.7 Å². The van der Waals surface area contributed by atoms with E-state index >= 15 is 0 Å². The fourth-order valence-electron chi connectivity index (χ4n) is 2.42. The number of carbonyl (C=O) groups excluding carboxylic acids is 1. The third-order valence-corrected chi connectivity index (χ3v) is 3.98. The van der Waals surface area contributed by atoms with Gasteiger partial charge in [0.1, 0.15) is 0 Å². The van der Waals surface area contributed by atoms with Gasteiger partial charge in [-0.3, -0.25) is 4.79 Å². The van der Waals surface area contributed by atoms with Crippen molar-refractivity contribution < 1.29 is 4.79 Å². The molecule has 1 aliphatic carbocycles. The third-order valence-electron chi connectivity index (χ3n) is 3.98. The molecule has 8 heteroatoms. The molecule has 1 saturated carbocycles. The van der Waals surface area contributed by atoms with Crippen molar-refractivity contribution in [2.24, 2.45) is 10.2 Å². The largest absolute Gasteiger partial charge is 0.346 e. The molecule has 2 heterocycles. The summed E-state index contributed by atoms with van der Waals surface area (Å²) in [6, 6.07) is 0.179. The Morgan fingerprint density at radius 1 is 1.50 bits per heavy atom. The van der Waals surface area contributed by atoms with Crippen LogP contribution >= 0.6 is 0 Å². The van der Waals surface area contributed by atoms with Crippen LogP contribution in [0.15, 0.2) is 10.2 Å². The average molecular weight is 301 g/mol. The first-order valence-corrected chi connectivity index (χ1v) is 7.58. The zero-order chi connectivity index (χ0) is 15.6. The fourth-order valence-corrected chi connectivity index (χ4v) is 2.42. The summed E-state index contributed by atoms with van der Waals surface area (Å²) in [6.45, 7) is 1.89. The molecule has 1 fully saturated rings. The summed E-state index contributed by atoms with van der Waals surface area (Å²) >= 11 is 0. The molecule has 0 bridgehead atoms. The number of carbonyl (C=O) groups is 1. The topological polar surface area (TPSA) is 97.4 Å². The van der Waals surface area contributed by atoms with Gasteiger partial charge in [-0.05, 0) is 30.2 Å². The normalized spacial score (nSPS) is 19.5. The number of amides is 1. The zero-order valence-corrected chi connectivity index (χ0v) is 12.6. The number of nitrogens with one attached hydrogen (secondary N) is 1. The van der Waals surface area contributed by atoms with Gasteiger partial charge >= 0.3 is 0 Å². The lowest BCUT2D eigenvalue weighted by atomic mass is 10.0. The van der Waals surface area contributed by atoms with Gasteiger partial charge in [-0.1, -0.05) is 0 Å². The van der Waals surface area contributed by atoms with E-state index in [-0.39, 0.29) is 11.9 Å². The minimum Gasteiger partial charge on any atom is -0.346 e. The Balaban J connectivity index is 1.47. The molecule has 0 spiro atoms. The molecule has 22 heavy (non-hydrogen) atoms. The highest BCUT2D eigenvalue weighted by Gasteiger charge is 2.39. The molecule has 1 aliphatic heterocycles. The summed E-state index contributed by atoms with van der Waals surface area (Å²) < 4.78 is 1.81. The molecule has 1 aromatic rings. The van der Waals surface area contributed by atoms with Crippen molar-refractivity contribution in [3.8, 4) is 12.3 Å². The molecule has 116 valence electrons. The van der Waals surface area contributed by atoms with Gasteiger partial charge in [0.05, 0.1) is 12.1 Å². The highest BCUT2D eigenvalue weighted by molar-refractivity contribution is 5.76. The molecule has 3 rings (SSSR count). The Kier molecular flexibility index (Phi) is 3.88. The first-order chi connectivity index (χ1) is 10.6. The van der Waals surface area contributed by atoms with E-state index in [1.165, 1.54) is 0 Å². The first kappa shape index (κ1) is 14.6. The summed E-state index contributed by atoms with van der Waals surface area (Å²) in [5.41, 5.74) is -0.414. The van der Waals surface area contributed by atoms with Crippen LogP contribution in [0.3, 0.4) is 0 Å². The van der Waals surface area contributed by atoms with Gasteiger partial charge in [0.25, 0.3) is 0 Å². The number of nitrogens with zero attached hydrogens (tertiary/aromatic N) is 6. The van der Waals surface area contributed by atoms with Crippen LogP contribution in [0.4, 0.5) is 0 Å². The maximum absolute atomic E-state index is 12.1. The minimum atomic E-state index is -0.414. The van der Waals surface area contributed by atoms with Crippen LogP contribution in [0.5, 0.6) is 0 Å². The van der Waals surface area contributed by atoms with Gasteiger partial charge in [0.2, 0.25) is 5.91 Å². The Morgan fingerprint density at radius 2 is 2.27 bits per heavy atom. The maximum Gasteiger partial charge on any atom is 0.220 e. The molecular weight excluding hydrogens is 282 g/mol. The first-order valence-electron chi connectivity index (χ1n) is 7.58. The molecule has 0 aromatic carbocycles. The van der Waals surface area contributed by atoms with E-state index in [4.69, 9.17) is 6.42 Å². The van der Waals surface area contributed by atoms with E-state index in [9.17, 15) is 4.79 Å². The van der Waals surface area contributed by atoms with E-state index in [1.54, 1.807) is 0 Å². The van der Waals surface area contributed by atoms with E-state index in [0.717, 1.165) is 12.8 Å². The maximum atomic E-state index is 12.1. The second-order valence-electron chi connectivity index (χ2n) is 5.89. The molecule has 2 aliphatic rings. The van der Waals surface area contributed by atoms with Crippen molar-refractivity contribution in [2.45, 2.75) is 63.2 Å². The summed E-state index contributed by atoms with van der Waals surface area (Å²) in [7, 11) is 0. The van der Waals surface area contributed by atoms with Crippen LogP contribution in [-0.2, 0) is 4.79 Å².